The first-order valence-corrected chi connectivity index (χ1v) is 10.2. The smallest absolute Gasteiger partial charge is 0.320 e. The number of hydrogen-bond acceptors (Lipinski definition) is 4. The molecular weight excluding hydrogens is 330 g/mol. The van der Waals surface area contributed by atoms with E-state index < -0.39 is 5.60 Å². The largest absolute Gasteiger partial charge is 0.382 e. The Labute approximate surface area is 153 Å². The lowest BCUT2D eigenvalue weighted by molar-refractivity contribution is -0.0846. The summed E-state index contributed by atoms with van der Waals surface area (Å²) in [4.78, 5) is 21.0. The van der Waals surface area contributed by atoms with Crippen LogP contribution < -0.4 is 0 Å². The first kappa shape index (κ1) is 15.4. The summed E-state index contributed by atoms with van der Waals surface area (Å²) in [6.07, 6.45) is 10.8. The lowest BCUT2D eigenvalue weighted by Crippen LogP contribution is -2.69. The summed E-state index contributed by atoms with van der Waals surface area (Å²) in [6.45, 7) is 3.78. The van der Waals surface area contributed by atoms with Crippen molar-refractivity contribution in [3.05, 3.63) is 12.2 Å². The van der Waals surface area contributed by atoms with Crippen molar-refractivity contribution in [2.24, 2.45) is 10.8 Å². The summed E-state index contributed by atoms with van der Waals surface area (Å²) in [6, 6.07) is 0.636. The van der Waals surface area contributed by atoms with Crippen LogP contribution in [0.15, 0.2) is 6.33 Å². The van der Waals surface area contributed by atoms with Gasteiger partial charge >= 0.3 is 6.03 Å². The average molecular weight is 357 g/mol. The van der Waals surface area contributed by atoms with E-state index in [1.54, 1.807) is 6.33 Å². The van der Waals surface area contributed by atoms with E-state index in [0.717, 1.165) is 51.9 Å². The second kappa shape index (κ2) is 4.80. The standard InChI is InChI=1S/C19H27N5O2/c25-16(22-9-17(10-22)3-1-2-4-17)23-11-18(12-23)7-14(8-18)24-13-20-15(21-24)19(26)5-6-19/h13-14,26H,1-12H2. The fourth-order valence-corrected chi connectivity index (χ4v) is 5.83. The third-order valence-electron chi connectivity index (χ3n) is 7.67. The topological polar surface area (TPSA) is 74.5 Å². The van der Waals surface area contributed by atoms with Crippen molar-refractivity contribution >= 4 is 6.03 Å². The fraction of sp³-hybridized carbons (Fsp3) is 0.842. The molecule has 2 amide bonds. The average Bonchev–Trinajstić information content (AvgIpc) is 2.97. The molecule has 2 aliphatic heterocycles. The molecule has 7 heteroatoms. The predicted molar refractivity (Wildman–Crippen MR) is 93.3 cm³/mol. The van der Waals surface area contributed by atoms with E-state index >= 15 is 0 Å². The van der Waals surface area contributed by atoms with Crippen LogP contribution in [0.1, 0.15) is 63.2 Å². The molecule has 1 N–H and O–H groups in total. The van der Waals surface area contributed by atoms with Gasteiger partial charge in [0, 0.05) is 37.0 Å². The summed E-state index contributed by atoms with van der Waals surface area (Å²) in [7, 11) is 0. The third-order valence-corrected chi connectivity index (χ3v) is 7.67. The number of hydrogen-bond donors (Lipinski definition) is 1. The highest BCUT2D eigenvalue weighted by Crippen LogP contribution is 2.55. The van der Waals surface area contributed by atoms with E-state index in [0.29, 0.717) is 22.7 Å². The van der Waals surface area contributed by atoms with Gasteiger partial charge in [0.05, 0.1) is 6.04 Å². The first-order valence-electron chi connectivity index (χ1n) is 10.2. The van der Waals surface area contributed by atoms with Crippen molar-refractivity contribution in [1.82, 2.24) is 24.6 Å². The summed E-state index contributed by atoms with van der Waals surface area (Å²) in [5.41, 5.74) is 0.0370. The summed E-state index contributed by atoms with van der Waals surface area (Å²) < 4.78 is 1.93. The molecule has 3 aliphatic carbocycles. The Morgan fingerprint density at radius 1 is 1.00 bits per heavy atom. The number of rotatable bonds is 2. The molecule has 1 aromatic rings. The highest BCUT2D eigenvalue weighted by atomic mass is 16.3. The number of carbonyl (C=O) groups is 1. The van der Waals surface area contributed by atoms with Crippen molar-refractivity contribution in [3.8, 4) is 0 Å². The third kappa shape index (κ3) is 2.12. The Hall–Kier alpha value is -1.63. The number of nitrogens with zero attached hydrogens (tertiary/aromatic N) is 5. The number of aliphatic hydroxyl groups is 1. The van der Waals surface area contributed by atoms with Gasteiger partial charge in [-0.1, -0.05) is 12.8 Å². The Balaban J connectivity index is 1.01. The van der Waals surface area contributed by atoms with E-state index in [2.05, 4.69) is 15.0 Å². The predicted octanol–water partition coefficient (Wildman–Crippen LogP) is 1.89. The van der Waals surface area contributed by atoms with Gasteiger partial charge in [-0.15, -0.1) is 0 Å². The number of amides is 2. The van der Waals surface area contributed by atoms with Crippen LogP contribution in [-0.2, 0) is 5.60 Å². The summed E-state index contributed by atoms with van der Waals surface area (Å²) in [5, 5.41) is 14.6. The van der Waals surface area contributed by atoms with Gasteiger partial charge in [0.2, 0.25) is 0 Å². The summed E-state index contributed by atoms with van der Waals surface area (Å²) >= 11 is 0. The van der Waals surface area contributed by atoms with Crippen LogP contribution >= 0.6 is 0 Å². The molecule has 3 saturated carbocycles. The van der Waals surface area contributed by atoms with Gasteiger partial charge in [0.25, 0.3) is 0 Å². The second-order valence-corrected chi connectivity index (χ2v) is 9.84. The van der Waals surface area contributed by atoms with E-state index in [9.17, 15) is 9.90 Å². The Kier molecular flexibility index (Phi) is 2.85. The van der Waals surface area contributed by atoms with Crippen molar-refractivity contribution in [3.63, 3.8) is 0 Å². The van der Waals surface area contributed by atoms with Crippen LogP contribution in [0.2, 0.25) is 0 Å². The number of carbonyl (C=O) groups excluding carboxylic acids is 1. The molecule has 2 saturated heterocycles. The molecule has 7 nitrogen and oxygen atoms in total. The molecule has 5 aliphatic rings. The van der Waals surface area contributed by atoms with E-state index in [1.165, 1.54) is 25.7 Å². The minimum Gasteiger partial charge on any atom is -0.382 e. The molecule has 26 heavy (non-hydrogen) atoms. The number of likely N-dealkylation sites (tertiary alicyclic amines) is 2. The van der Waals surface area contributed by atoms with Crippen LogP contribution in [0.25, 0.3) is 0 Å². The molecule has 0 atom stereocenters. The molecule has 3 heterocycles. The lowest BCUT2D eigenvalue weighted by Gasteiger charge is -2.60. The molecule has 0 radical (unpaired) electrons. The highest BCUT2D eigenvalue weighted by Gasteiger charge is 2.57. The van der Waals surface area contributed by atoms with Crippen LogP contribution in [0.4, 0.5) is 4.79 Å². The maximum absolute atomic E-state index is 12.6. The van der Waals surface area contributed by atoms with Gasteiger partial charge in [-0.2, -0.15) is 5.10 Å². The zero-order chi connectivity index (χ0) is 17.6. The van der Waals surface area contributed by atoms with Gasteiger partial charge in [0.15, 0.2) is 5.82 Å². The molecule has 2 spiro atoms. The van der Waals surface area contributed by atoms with E-state index in [-0.39, 0.29) is 6.03 Å². The normalized spacial score (nSPS) is 30.2. The van der Waals surface area contributed by atoms with Crippen LogP contribution in [0, 0.1) is 10.8 Å². The van der Waals surface area contributed by atoms with E-state index in [1.807, 2.05) is 9.58 Å². The van der Waals surface area contributed by atoms with Gasteiger partial charge in [-0.05, 0) is 38.5 Å². The van der Waals surface area contributed by atoms with Gasteiger partial charge < -0.3 is 14.9 Å². The van der Waals surface area contributed by atoms with Crippen molar-refractivity contribution < 1.29 is 9.90 Å². The lowest BCUT2D eigenvalue weighted by atomic mass is 9.60. The maximum Gasteiger partial charge on any atom is 0.320 e. The molecule has 5 fully saturated rings. The summed E-state index contributed by atoms with van der Waals surface area (Å²) in [5.74, 6) is 0.586. The van der Waals surface area contributed by atoms with Gasteiger partial charge in [-0.3, -0.25) is 0 Å². The molecular formula is C19H27N5O2. The fourth-order valence-electron chi connectivity index (χ4n) is 5.83. The molecule has 0 unspecified atom stereocenters. The van der Waals surface area contributed by atoms with Crippen molar-refractivity contribution in [1.29, 1.82) is 0 Å². The van der Waals surface area contributed by atoms with E-state index in [4.69, 9.17) is 0 Å². The number of aromatic nitrogens is 3. The maximum atomic E-state index is 12.6. The Morgan fingerprint density at radius 2 is 1.62 bits per heavy atom. The highest BCUT2D eigenvalue weighted by molar-refractivity contribution is 5.76. The molecule has 0 aromatic carbocycles. The van der Waals surface area contributed by atoms with Gasteiger partial charge in [0.1, 0.15) is 11.9 Å². The second-order valence-electron chi connectivity index (χ2n) is 9.84. The Morgan fingerprint density at radius 3 is 2.23 bits per heavy atom. The molecule has 140 valence electrons. The minimum absolute atomic E-state index is 0.260. The molecule has 1 aromatic heterocycles. The Bertz CT molecular complexity index is 742. The molecule has 6 rings (SSSR count). The van der Waals surface area contributed by atoms with Crippen LogP contribution in [0.5, 0.6) is 0 Å². The minimum atomic E-state index is -0.750. The zero-order valence-corrected chi connectivity index (χ0v) is 15.2. The van der Waals surface area contributed by atoms with Crippen molar-refractivity contribution in [2.45, 2.75) is 63.0 Å². The number of urea groups is 1. The van der Waals surface area contributed by atoms with Crippen LogP contribution in [0.3, 0.4) is 0 Å². The quantitative estimate of drug-likeness (QED) is 0.877. The zero-order valence-electron chi connectivity index (χ0n) is 15.2. The SMILES string of the molecule is O=C(N1CC2(CCCC2)C1)N1CC2(CC(n3cnc(C4(O)CC4)n3)C2)C1. The van der Waals surface area contributed by atoms with Crippen molar-refractivity contribution in [2.75, 3.05) is 26.2 Å². The first-order chi connectivity index (χ1) is 12.5. The monoisotopic (exact) mass is 357 g/mol. The molecule has 0 bridgehead atoms. The van der Waals surface area contributed by atoms with Gasteiger partial charge in [-0.25, -0.2) is 14.5 Å². The van der Waals surface area contributed by atoms with Crippen LogP contribution in [-0.4, -0.2) is 61.9 Å².